The van der Waals surface area contributed by atoms with Crippen molar-refractivity contribution >= 4 is 46.8 Å². The van der Waals surface area contributed by atoms with Crippen LogP contribution in [0.3, 0.4) is 0 Å². The number of hydrogen-bond acceptors (Lipinski definition) is 2. The molecule has 0 bridgehead atoms. The highest BCUT2D eigenvalue weighted by atomic mass is 15.1. The highest BCUT2D eigenvalue weighted by molar-refractivity contribution is 6.32. The van der Waals surface area contributed by atoms with Gasteiger partial charge in [-0.3, -0.25) is 0 Å². The maximum Gasteiger partial charge on any atom is 0.139 e. The van der Waals surface area contributed by atoms with Crippen molar-refractivity contribution in [2.45, 2.75) is 52.9 Å². The minimum absolute atomic E-state index is 0.521. The second-order valence-electron chi connectivity index (χ2n) is 9.29. The Morgan fingerprint density at radius 2 is 1.67 bits per heavy atom. The lowest BCUT2D eigenvalue weighted by atomic mass is 9.85. The average molecular weight is 434 g/mol. The number of aryl methyl sites for hydroxylation is 2. The Balaban J connectivity index is 2.04. The first-order valence-corrected chi connectivity index (χ1v) is 12.2. The molecule has 1 atom stereocenters. The van der Waals surface area contributed by atoms with Gasteiger partial charge in [0.1, 0.15) is 7.85 Å². The Kier molecular flexibility index (Phi) is 6.79. The van der Waals surface area contributed by atoms with E-state index in [2.05, 4.69) is 101 Å². The van der Waals surface area contributed by atoms with Crippen LogP contribution < -0.4 is 16.1 Å². The summed E-state index contributed by atoms with van der Waals surface area (Å²) in [5.74, 6) is 0.521. The van der Waals surface area contributed by atoms with Gasteiger partial charge in [0.25, 0.3) is 0 Å². The molecule has 0 heterocycles. The third kappa shape index (κ3) is 4.50. The first-order chi connectivity index (χ1) is 15.9. The molecular formula is C30H35BN2. The van der Waals surface area contributed by atoms with Gasteiger partial charge in [0.05, 0.1) is 5.69 Å². The molecule has 3 heteroatoms. The zero-order chi connectivity index (χ0) is 23.5. The van der Waals surface area contributed by atoms with Crippen LogP contribution in [0, 0.1) is 6.92 Å². The van der Waals surface area contributed by atoms with E-state index in [0.717, 1.165) is 36.3 Å². The molecule has 0 fully saturated rings. The molecule has 4 aromatic rings. The smallest absolute Gasteiger partial charge is 0.139 e. The fourth-order valence-corrected chi connectivity index (χ4v) is 4.95. The van der Waals surface area contributed by atoms with Gasteiger partial charge in [-0.05, 0) is 90.2 Å². The van der Waals surface area contributed by atoms with Crippen LogP contribution in [0.4, 0.5) is 22.7 Å². The number of nitrogens with zero attached hydrogens (tertiary/aromatic N) is 1. The van der Waals surface area contributed by atoms with E-state index in [-0.39, 0.29) is 0 Å². The molecule has 0 amide bonds. The predicted octanol–water partition coefficient (Wildman–Crippen LogP) is 6.92. The van der Waals surface area contributed by atoms with Crippen LogP contribution in [0.25, 0.3) is 10.8 Å². The molecule has 1 unspecified atom stereocenters. The second-order valence-corrected chi connectivity index (χ2v) is 9.29. The largest absolute Gasteiger partial charge is 0.399 e. The Morgan fingerprint density at radius 1 is 0.909 bits per heavy atom. The molecule has 0 saturated carbocycles. The molecule has 2 nitrogen and oxygen atoms in total. The zero-order valence-corrected chi connectivity index (χ0v) is 20.7. The van der Waals surface area contributed by atoms with E-state index in [1.54, 1.807) is 0 Å². The van der Waals surface area contributed by atoms with Crippen molar-refractivity contribution in [2.24, 2.45) is 0 Å². The van der Waals surface area contributed by atoms with E-state index in [1.165, 1.54) is 38.6 Å². The predicted molar refractivity (Wildman–Crippen MR) is 149 cm³/mol. The molecule has 0 saturated heterocycles. The normalized spacial score (nSPS) is 12.1. The van der Waals surface area contributed by atoms with Crippen LogP contribution in [0.2, 0.25) is 0 Å². The molecule has 0 aromatic heterocycles. The number of benzene rings is 4. The van der Waals surface area contributed by atoms with E-state index in [1.807, 2.05) is 12.1 Å². The molecule has 4 rings (SSSR count). The Bertz CT molecular complexity index is 1260. The SMILES string of the molecule is Bc1cccc(N(c2ccc(N)cc2)c2ccc(C)c3c(C(C)CC)c(CCC)ccc23)c1. The maximum atomic E-state index is 6.03. The molecule has 0 radical (unpaired) electrons. The van der Waals surface area contributed by atoms with E-state index < -0.39 is 0 Å². The number of fused-ring (bicyclic) bond motifs is 1. The quantitative estimate of drug-likeness (QED) is 0.253. The fraction of sp³-hybridized carbons (Fsp3) is 0.267. The van der Waals surface area contributed by atoms with Gasteiger partial charge >= 0.3 is 0 Å². The van der Waals surface area contributed by atoms with Gasteiger partial charge in [-0.2, -0.15) is 0 Å². The minimum atomic E-state index is 0.521. The molecule has 0 aliphatic carbocycles. The summed E-state index contributed by atoms with van der Waals surface area (Å²) in [4.78, 5) is 2.37. The van der Waals surface area contributed by atoms with Gasteiger partial charge in [-0.25, -0.2) is 0 Å². The summed E-state index contributed by atoms with van der Waals surface area (Å²) in [7, 11) is 2.15. The highest BCUT2D eigenvalue weighted by Gasteiger charge is 2.20. The number of rotatable bonds is 7. The van der Waals surface area contributed by atoms with Crippen LogP contribution in [0.5, 0.6) is 0 Å². The molecule has 0 spiro atoms. The fourth-order valence-electron chi connectivity index (χ4n) is 4.95. The number of anilines is 4. The highest BCUT2D eigenvalue weighted by Crippen LogP contribution is 2.43. The van der Waals surface area contributed by atoms with E-state index in [9.17, 15) is 0 Å². The van der Waals surface area contributed by atoms with Gasteiger partial charge in [0, 0.05) is 22.4 Å². The van der Waals surface area contributed by atoms with Crippen molar-refractivity contribution in [2.75, 3.05) is 10.6 Å². The van der Waals surface area contributed by atoms with Crippen LogP contribution in [-0.2, 0) is 6.42 Å². The Morgan fingerprint density at radius 3 is 2.33 bits per heavy atom. The molecule has 33 heavy (non-hydrogen) atoms. The van der Waals surface area contributed by atoms with Gasteiger partial charge in [0.2, 0.25) is 0 Å². The number of nitrogen functional groups attached to an aromatic ring is 1. The van der Waals surface area contributed by atoms with Crippen LogP contribution in [0.15, 0.2) is 72.8 Å². The Labute approximate surface area is 199 Å². The van der Waals surface area contributed by atoms with Gasteiger partial charge in [-0.1, -0.05) is 63.0 Å². The van der Waals surface area contributed by atoms with E-state index >= 15 is 0 Å². The average Bonchev–Trinajstić information content (AvgIpc) is 2.81. The van der Waals surface area contributed by atoms with Crippen LogP contribution in [0.1, 0.15) is 56.2 Å². The monoisotopic (exact) mass is 434 g/mol. The second kappa shape index (κ2) is 9.74. The molecule has 4 aromatic carbocycles. The maximum absolute atomic E-state index is 6.03. The van der Waals surface area contributed by atoms with Gasteiger partial charge < -0.3 is 10.6 Å². The summed E-state index contributed by atoms with van der Waals surface area (Å²) >= 11 is 0. The summed E-state index contributed by atoms with van der Waals surface area (Å²) in [6.07, 6.45) is 3.42. The molecular weight excluding hydrogens is 399 g/mol. The van der Waals surface area contributed by atoms with Crippen molar-refractivity contribution in [3.8, 4) is 0 Å². The van der Waals surface area contributed by atoms with Crippen molar-refractivity contribution in [1.29, 1.82) is 0 Å². The lowest BCUT2D eigenvalue weighted by Gasteiger charge is -2.29. The first kappa shape index (κ1) is 23.0. The summed E-state index contributed by atoms with van der Waals surface area (Å²) in [5, 5.41) is 2.73. The Hall–Kier alpha value is -3.20. The standard InChI is InChI=1S/C30H35BN2/c1-5-8-22-12-17-27-28(18-11-21(4)30(27)29(22)20(3)6-2)33(25-15-13-24(32)14-16-25)26-10-7-9-23(31)19-26/h7,9-20H,5-6,8,31-32H2,1-4H3. The van der Waals surface area contributed by atoms with Crippen LogP contribution in [-0.4, -0.2) is 7.85 Å². The van der Waals surface area contributed by atoms with Gasteiger partial charge in [-0.15, -0.1) is 0 Å². The van der Waals surface area contributed by atoms with Crippen molar-refractivity contribution in [3.05, 3.63) is 89.5 Å². The van der Waals surface area contributed by atoms with Gasteiger partial charge in [0.15, 0.2) is 0 Å². The lowest BCUT2D eigenvalue weighted by molar-refractivity contribution is 0.724. The number of hydrogen-bond donors (Lipinski definition) is 1. The zero-order valence-electron chi connectivity index (χ0n) is 20.7. The van der Waals surface area contributed by atoms with Crippen molar-refractivity contribution in [1.82, 2.24) is 0 Å². The summed E-state index contributed by atoms with van der Waals surface area (Å²) in [6.45, 7) is 9.20. The van der Waals surface area contributed by atoms with E-state index in [0.29, 0.717) is 5.92 Å². The summed E-state index contributed by atoms with van der Waals surface area (Å²) in [6, 6.07) is 26.2. The van der Waals surface area contributed by atoms with E-state index in [4.69, 9.17) is 5.73 Å². The molecule has 2 N–H and O–H groups in total. The van der Waals surface area contributed by atoms with Crippen molar-refractivity contribution in [3.63, 3.8) is 0 Å². The third-order valence-electron chi connectivity index (χ3n) is 6.77. The molecule has 0 aliphatic heterocycles. The van der Waals surface area contributed by atoms with Crippen LogP contribution >= 0.6 is 0 Å². The first-order valence-electron chi connectivity index (χ1n) is 12.2. The van der Waals surface area contributed by atoms with Crippen molar-refractivity contribution < 1.29 is 0 Å². The molecule has 0 aliphatic rings. The minimum Gasteiger partial charge on any atom is -0.399 e. The summed E-state index contributed by atoms with van der Waals surface area (Å²) < 4.78 is 0. The summed E-state index contributed by atoms with van der Waals surface area (Å²) in [5.41, 5.74) is 15.9. The lowest BCUT2D eigenvalue weighted by Crippen LogP contribution is -2.14. The number of nitrogens with two attached hydrogens (primary N) is 1. The molecule has 168 valence electrons. The third-order valence-corrected chi connectivity index (χ3v) is 6.77. The topological polar surface area (TPSA) is 29.3 Å².